The van der Waals surface area contributed by atoms with Gasteiger partial charge < -0.3 is 10.6 Å². The van der Waals surface area contributed by atoms with Crippen LogP contribution in [0.1, 0.15) is 61.9 Å². The molecule has 1 aromatic heterocycles. The fourth-order valence-electron chi connectivity index (χ4n) is 3.45. The number of hydrogen-bond acceptors (Lipinski definition) is 2. The first-order chi connectivity index (χ1) is 11.1. The van der Waals surface area contributed by atoms with Gasteiger partial charge in [0.1, 0.15) is 0 Å². The molecule has 0 spiro atoms. The fourth-order valence-corrected chi connectivity index (χ4v) is 3.45. The molecule has 1 aliphatic carbocycles. The first kappa shape index (κ1) is 21.3. The number of aryl methyl sites for hydroxylation is 2. The third-order valence-corrected chi connectivity index (χ3v) is 5.10. The summed E-state index contributed by atoms with van der Waals surface area (Å²) >= 11 is 0. The predicted octanol–water partition coefficient (Wildman–Crippen LogP) is 3.68. The third kappa shape index (κ3) is 6.26. The van der Waals surface area contributed by atoms with E-state index in [1.807, 2.05) is 18.8 Å². The molecule has 0 saturated heterocycles. The van der Waals surface area contributed by atoms with Gasteiger partial charge in [0.25, 0.3) is 0 Å². The van der Waals surface area contributed by atoms with Crippen molar-refractivity contribution in [1.29, 1.82) is 0 Å². The molecule has 0 aromatic carbocycles. The highest BCUT2D eigenvalue weighted by atomic mass is 127. The Morgan fingerprint density at radius 3 is 2.29 bits per heavy atom. The van der Waals surface area contributed by atoms with Crippen LogP contribution in [0.25, 0.3) is 0 Å². The number of aliphatic imine (C=N–C) groups is 1. The Balaban J connectivity index is 0.00000288. The lowest BCUT2D eigenvalue weighted by molar-refractivity contribution is 0.375. The smallest absolute Gasteiger partial charge is 0.191 e. The van der Waals surface area contributed by atoms with Gasteiger partial charge in [0.2, 0.25) is 0 Å². The van der Waals surface area contributed by atoms with Crippen LogP contribution < -0.4 is 10.6 Å². The van der Waals surface area contributed by atoms with Gasteiger partial charge in [0.15, 0.2) is 5.96 Å². The van der Waals surface area contributed by atoms with E-state index in [1.54, 1.807) is 0 Å². The van der Waals surface area contributed by atoms with Crippen molar-refractivity contribution < 1.29 is 0 Å². The normalized spacial score (nSPS) is 16.9. The average Bonchev–Trinajstić information content (AvgIpc) is 2.74. The maximum absolute atomic E-state index is 4.47. The molecule has 1 aliphatic rings. The molecule has 2 N–H and O–H groups in total. The number of rotatable bonds is 4. The number of halogens is 1. The lowest BCUT2D eigenvalue weighted by Gasteiger charge is -2.21. The second-order valence-corrected chi connectivity index (χ2v) is 6.79. The van der Waals surface area contributed by atoms with Crippen molar-refractivity contribution in [2.45, 2.75) is 65.3 Å². The molecular weight excluding hydrogens is 413 g/mol. The lowest BCUT2D eigenvalue weighted by Crippen LogP contribution is -2.39. The molecule has 1 fully saturated rings. The number of guanidine groups is 1. The van der Waals surface area contributed by atoms with E-state index < -0.39 is 0 Å². The number of nitrogens with one attached hydrogen (secondary N) is 2. The summed E-state index contributed by atoms with van der Waals surface area (Å²) in [7, 11) is 3.84. The molecule has 0 amide bonds. The van der Waals surface area contributed by atoms with Crippen molar-refractivity contribution in [3.63, 3.8) is 0 Å². The van der Waals surface area contributed by atoms with E-state index in [0.717, 1.165) is 30.7 Å². The summed E-state index contributed by atoms with van der Waals surface area (Å²) in [5.74, 6) is 1.69. The van der Waals surface area contributed by atoms with E-state index in [-0.39, 0.29) is 24.0 Å². The number of nitrogens with zero attached hydrogens (tertiary/aromatic N) is 3. The Morgan fingerprint density at radius 2 is 1.75 bits per heavy atom. The van der Waals surface area contributed by atoms with E-state index in [0.29, 0.717) is 0 Å². The maximum atomic E-state index is 4.47. The third-order valence-electron chi connectivity index (χ3n) is 5.10. The number of aromatic nitrogens is 2. The number of hydrogen-bond donors (Lipinski definition) is 2. The minimum atomic E-state index is 0. The molecular formula is C18H34IN5. The van der Waals surface area contributed by atoms with Gasteiger partial charge in [-0.15, -0.1) is 24.0 Å². The highest BCUT2D eigenvalue weighted by Gasteiger charge is 2.13. The van der Waals surface area contributed by atoms with Crippen LogP contribution in [0.4, 0.5) is 0 Å². The summed E-state index contributed by atoms with van der Waals surface area (Å²) in [6.07, 6.45) is 9.70. The summed E-state index contributed by atoms with van der Waals surface area (Å²) in [4.78, 5) is 4.36. The molecule has 2 rings (SSSR count). The Hall–Kier alpha value is -0.790. The topological polar surface area (TPSA) is 54.2 Å². The maximum Gasteiger partial charge on any atom is 0.191 e. The molecule has 1 aromatic rings. The Kier molecular flexibility index (Phi) is 9.69. The van der Waals surface area contributed by atoms with E-state index in [2.05, 4.69) is 34.6 Å². The molecule has 0 unspecified atom stereocenters. The van der Waals surface area contributed by atoms with Crippen LogP contribution in [0.5, 0.6) is 0 Å². The first-order valence-corrected chi connectivity index (χ1v) is 9.05. The van der Waals surface area contributed by atoms with Gasteiger partial charge in [-0.3, -0.25) is 9.67 Å². The second-order valence-electron chi connectivity index (χ2n) is 6.79. The van der Waals surface area contributed by atoms with Crippen molar-refractivity contribution >= 4 is 29.9 Å². The zero-order chi connectivity index (χ0) is 16.7. The Labute approximate surface area is 164 Å². The van der Waals surface area contributed by atoms with Gasteiger partial charge in [0, 0.05) is 38.4 Å². The van der Waals surface area contributed by atoms with Crippen molar-refractivity contribution in [2.24, 2.45) is 18.0 Å². The average molecular weight is 447 g/mol. The van der Waals surface area contributed by atoms with Crippen LogP contribution in [0.2, 0.25) is 0 Å². The van der Waals surface area contributed by atoms with Crippen molar-refractivity contribution in [3.8, 4) is 0 Å². The van der Waals surface area contributed by atoms with E-state index in [1.165, 1.54) is 56.2 Å². The van der Waals surface area contributed by atoms with E-state index in [9.17, 15) is 0 Å². The summed E-state index contributed by atoms with van der Waals surface area (Å²) in [6, 6.07) is 0. The fraction of sp³-hybridized carbons (Fsp3) is 0.778. The molecule has 1 saturated carbocycles. The highest BCUT2D eigenvalue weighted by Crippen LogP contribution is 2.21. The summed E-state index contributed by atoms with van der Waals surface area (Å²) in [5, 5.41) is 11.4. The standard InChI is InChI=1S/C18H33N5.HI/c1-14-17(15(2)23(4)22-14)13-21-18(19-3)20-12-16-10-8-6-5-7-9-11-16;/h16H,5-13H2,1-4H3,(H2,19,20,21);1H. The van der Waals surface area contributed by atoms with Crippen LogP contribution in [0.15, 0.2) is 4.99 Å². The van der Waals surface area contributed by atoms with Crippen molar-refractivity contribution in [2.75, 3.05) is 13.6 Å². The molecule has 138 valence electrons. The molecule has 24 heavy (non-hydrogen) atoms. The quantitative estimate of drug-likeness (QED) is 0.421. The molecule has 0 radical (unpaired) electrons. The summed E-state index contributed by atoms with van der Waals surface area (Å²) in [5.41, 5.74) is 3.57. The first-order valence-electron chi connectivity index (χ1n) is 9.05. The van der Waals surface area contributed by atoms with Gasteiger partial charge in [-0.05, 0) is 32.6 Å². The largest absolute Gasteiger partial charge is 0.356 e. The molecule has 6 heteroatoms. The predicted molar refractivity (Wildman–Crippen MR) is 112 cm³/mol. The minimum Gasteiger partial charge on any atom is -0.356 e. The van der Waals surface area contributed by atoms with E-state index >= 15 is 0 Å². The zero-order valence-electron chi connectivity index (χ0n) is 15.7. The molecule has 0 atom stereocenters. The Bertz CT molecular complexity index is 516. The SMILES string of the molecule is CN=C(NCc1c(C)nn(C)c1C)NCC1CCCCCCC1.I. The van der Waals surface area contributed by atoms with Gasteiger partial charge in [0.05, 0.1) is 5.69 Å². The molecule has 1 heterocycles. The lowest BCUT2D eigenvalue weighted by atomic mass is 9.91. The molecule has 5 nitrogen and oxygen atoms in total. The summed E-state index contributed by atoms with van der Waals surface area (Å²) in [6.45, 7) is 5.98. The summed E-state index contributed by atoms with van der Waals surface area (Å²) < 4.78 is 1.94. The van der Waals surface area contributed by atoms with Crippen LogP contribution in [-0.4, -0.2) is 29.3 Å². The molecule has 0 bridgehead atoms. The van der Waals surface area contributed by atoms with Gasteiger partial charge in [-0.1, -0.05) is 32.1 Å². The van der Waals surface area contributed by atoms with Gasteiger partial charge >= 0.3 is 0 Å². The highest BCUT2D eigenvalue weighted by molar-refractivity contribution is 14.0. The van der Waals surface area contributed by atoms with E-state index in [4.69, 9.17) is 0 Å². The van der Waals surface area contributed by atoms with Crippen LogP contribution >= 0.6 is 24.0 Å². The minimum absolute atomic E-state index is 0. The monoisotopic (exact) mass is 447 g/mol. The van der Waals surface area contributed by atoms with Crippen LogP contribution in [0.3, 0.4) is 0 Å². The van der Waals surface area contributed by atoms with Crippen LogP contribution in [-0.2, 0) is 13.6 Å². The van der Waals surface area contributed by atoms with Gasteiger partial charge in [-0.25, -0.2) is 0 Å². The van der Waals surface area contributed by atoms with Crippen LogP contribution in [0, 0.1) is 19.8 Å². The van der Waals surface area contributed by atoms with Crippen molar-refractivity contribution in [1.82, 2.24) is 20.4 Å². The van der Waals surface area contributed by atoms with Gasteiger partial charge in [-0.2, -0.15) is 5.10 Å². The molecule has 0 aliphatic heterocycles. The zero-order valence-corrected chi connectivity index (χ0v) is 18.0. The Morgan fingerprint density at radius 1 is 1.12 bits per heavy atom. The second kappa shape index (κ2) is 10.9. The van der Waals surface area contributed by atoms with Crippen molar-refractivity contribution in [3.05, 3.63) is 17.0 Å².